The van der Waals surface area contributed by atoms with Crippen LogP contribution in [0.15, 0.2) is 53.7 Å². The van der Waals surface area contributed by atoms with Crippen LogP contribution in [0.5, 0.6) is 5.75 Å². The van der Waals surface area contributed by atoms with E-state index in [-0.39, 0.29) is 5.96 Å². The second-order valence-corrected chi connectivity index (χ2v) is 4.60. The quantitative estimate of drug-likeness (QED) is 0.758. The number of guanidine groups is 1. The van der Waals surface area contributed by atoms with Gasteiger partial charge in [-0.15, -0.1) is 0 Å². The number of rotatable bonds is 3. The zero-order valence-electron chi connectivity index (χ0n) is 11.5. The van der Waals surface area contributed by atoms with Gasteiger partial charge in [-0.3, -0.25) is 5.73 Å². The highest BCUT2D eigenvalue weighted by atomic mass is 16.5. The molecule has 1 aromatic heterocycles. The van der Waals surface area contributed by atoms with Gasteiger partial charge in [0.2, 0.25) is 11.7 Å². The molecule has 0 radical (unpaired) electrons. The molecule has 7 nitrogen and oxygen atoms in total. The first-order chi connectivity index (χ1) is 10.1. The van der Waals surface area contributed by atoms with E-state index in [9.17, 15) is 0 Å². The number of ether oxygens (including phenoxy) is 1. The van der Waals surface area contributed by atoms with E-state index >= 15 is 0 Å². The molecule has 0 saturated carbocycles. The zero-order valence-corrected chi connectivity index (χ0v) is 11.5. The van der Waals surface area contributed by atoms with Crippen LogP contribution in [0.3, 0.4) is 0 Å². The lowest BCUT2D eigenvalue weighted by Crippen LogP contribution is -2.53. The largest absolute Gasteiger partial charge is 0.497 e. The predicted octanol–water partition coefficient (Wildman–Crippen LogP) is 0.499. The second-order valence-electron chi connectivity index (χ2n) is 4.60. The molecule has 1 aliphatic rings. The average Bonchev–Trinajstić information content (AvgIpc) is 2.84. The number of aliphatic imine (C=N–C) groups is 1. The monoisotopic (exact) mass is 284 g/mol. The van der Waals surface area contributed by atoms with E-state index in [4.69, 9.17) is 16.2 Å². The molecule has 1 aliphatic heterocycles. The number of benzene rings is 1. The highest BCUT2D eigenvalue weighted by molar-refractivity contribution is 5.95. The van der Waals surface area contributed by atoms with Gasteiger partial charge in [0.25, 0.3) is 0 Å². The Balaban J connectivity index is 1.90. The lowest BCUT2D eigenvalue weighted by atomic mass is 10.1. The Morgan fingerprint density at radius 3 is 2.57 bits per heavy atom. The summed E-state index contributed by atoms with van der Waals surface area (Å²) in [7, 11) is 1.61. The third-order valence-corrected chi connectivity index (χ3v) is 3.21. The van der Waals surface area contributed by atoms with E-state index in [0.29, 0.717) is 5.82 Å². The summed E-state index contributed by atoms with van der Waals surface area (Å²) in [5.41, 5.74) is 16.1. The molecule has 2 aromatic rings. The van der Waals surface area contributed by atoms with Crippen molar-refractivity contribution in [2.24, 2.45) is 16.5 Å². The summed E-state index contributed by atoms with van der Waals surface area (Å²) in [6.07, 6.45) is 1.67. The van der Waals surface area contributed by atoms with Crippen molar-refractivity contribution in [3.05, 3.63) is 54.2 Å². The van der Waals surface area contributed by atoms with Crippen LogP contribution in [0.2, 0.25) is 0 Å². The number of hydrazine groups is 1. The van der Waals surface area contributed by atoms with E-state index in [0.717, 1.165) is 11.3 Å². The van der Waals surface area contributed by atoms with Gasteiger partial charge in [0.1, 0.15) is 11.6 Å². The molecule has 3 rings (SSSR count). The van der Waals surface area contributed by atoms with Crippen molar-refractivity contribution in [1.29, 1.82) is 0 Å². The lowest BCUT2D eigenvalue weighted by molar-refractivity contribution is 0.393. The van der Waals surface area contributed by atoms with E-state index < -0.39 is 5.79 Å². The van der Waals surface area contributed by atoms with Crippen LogP contribution in [0.25, 0.3) is 0 Å². The predicted molar refractivity (Wildman–Crippen MR) is 80.3 cm³/mol. The first kappa shape index (κ1) is 13.3. The minimum atomic E-state index is -1.13. The minimum Gasteiger partial charge on any atom is -0.497 e. The molecule has 0 aliphatic carbocycles. The Kier molecular flexibility index (Phi) is 3.20. The summed E-state index contributed by atoms with van der Waals surface area (Å²) >= 11 is 0. The molecular weight excluding hydrogens is 268 g/mol. The third kappa shape index (κ3) is 2.39. The SMILES string of the molecule is COc1ccc(C2(N)N=C(N)N(c3ccccn3)N2)cc1. The summed E-state index contributed by atoms with van der Waals surface area (Å²) in [4.78, 5) is 8.53. The van der Waals surface area contributed by atoms with Crippen molar-refractivity contribution in [1.82, 2.24) is 10.4 Å². The van der Waals surface area contributed by atoms with Gasteiger partial charge in [0.15, 0.2) is 0 Å². The fraction of sp³-hybridized carbons (Fsp3) is 0.143. The van der Waals surface area contributed by atoms with Gasteiger partial charge in [-0.25, -0.2) is 15.0 Å². The Morgan fingerprint density at radius 2 is 1.95 bits per heavy atom. The van der Waals surface area contributed by atoms with E-state index in [1.165, 1.54) is 0 Å². The van der Waals surface area contributed by atoms with E-state index in [1.54, 1.807) is 18.3 Å². The molecule has 0 amide bonds. The van der Waals surface area contributed by atoms with Crippen LogP contribution in [0.4, 0.5) is 5.82 Å². The number of anilines is 1. The summed E-state index contributed by atoms with van der Waals surface area (Å²) in [6.45, 7) is 0. The van der Waals surface area contributed by atoms with Crippen LogP contribution >= 0.6 is 0 Å². The summed E-state index contributed by atoms with van der Waals surface area (Å²) < 4.78 is 5.13. The normalized spacial score (nSPS) is 21.2. The Bertz CT molecular complexity index is 657. The highest BCUT2D eigenvalue weighted by Gasteiger charge is 2.37. The van der Waals surface area contributed by atoms with Crippen molar-refractivity contribution in [2.75, 3.05) is 12.1 Å². The minimum absolute atomic E-state index is 0.256. The number of aromatic nitrogens is 1. The van der Waals surface area contributed by atoms with Crippen molar-refractivity contribution in [3.63, 3.8) is 0 Å². The fourth-order valence-electron chi connectivity index (χ4n) is 2.12. The molecule has 1 atom stereocenters. The van der Waals surface area contributed by atoms with Gasteiger partial charge in [0.05, 0.1) is 7.11 Å². The van der Waals surface area contributed by atoms with Gasteiger partial charge in [-0.2, -0.15) is 5.43 Å². The van der Waals surface area contributed by atoms with Crippen molar-refractivity contribution >= 4 is 11.8 Å². The maximum Gasteiger partial charge on any atom is 0.215 e. The first-order valence-corrected chi connectivity index (χ1v) is 6.40. The molecule has 1 aromatic carbocycles. The van der Waals surface area contributed by atoms with Gasteiger partial charge in [-0.1, -0.05) is 18.2 Å². The molecule has 21 heavy (non-hydrogen) atoms. The van der Waals surface area contributed by atoms with Crippen LogP contribution in [-0.4, -0.2) is 18.1 Å². The number of nitrogens with two attached hydrogens (primary N) is 2. The van der Waals surface area contributed by atoms with E-state index in [1.807, 2.05) is 42.5 Å². The van der Waals surface area contributed by atoms with Crippen molar-refractivity contribution in [2.45, 2.75) is 5.79 Å². The Hall–Kier alpha value is -2.64. The van der Waals surface area contributed by atoms with Crippen molar-refractivity contribution in [3.8, 4) is 5.75 Å². The molecule has 2 heterocycles. The van der Waals surface area contributed by atoms with Gasteiger partial charge >= 0.3 is 0 Å². The topological polar surface area (TPSA) is 102 Å². The van der Waals surface area contributed by atoms with Crippen LogP contribution < -0.4 is 26.6 Å². The van der Waals surface area contributed by atoms with Gasteiger partial charge in [-0.05, 0) is 24.3 Å². The molecule has 5 N–H and O–H groups in total. The summed E-state index contributed by atoms with van der Waals surface area (Å²) in [5, 5.41) is 1.56. The summed E-state index contributed by atoms with van der Waals surface area (Å²) in [6, 6.07) is 12.8. The maximum atomic E-state index is 6.30. The van der Waals surface area contributed by atoms with Crippen LogP contribution in [-0.2, 0) is 5.79 Å². The number of nitrogens with zero attached hydrogens (tertiary/aromatic N) is 3. The molecular formula is C14H16N6O. The molecule has 0 fully saturated rings. The standard InChI is InChI=1S/C14H16N6O/c1-21-11-7-5-10(6-8-11)14(16)18-13(15)20(19-14)12-4-2-3-9-17-12/h2-9,19H,16H2,1H3,(H2,15,18). The van der Waals surface area contributed by atoms with Crippen molar-refractivity contribution < 1.29 is 4.74 Å². The molecule has 108 valence electrons. The van der Waals surface area contributed by atoms with E-state index in [2.05, 4.69) is 15.4 Å². The van der Waals surface area contributed by atoms with Crippen LogP contribution in [0.1, 0.15) is 5.56 Å². The average molecular weight is 284 g/mol. The molecule has 7 heteroatoms. The second kappa shape index (κ2) is 5.04. The number of hydrogen-bond acceptors (Lipinski definition) is 7. The molecule has 0 bridgehead atoms. The van der Waals surface area contributed by atoms with Crippen LogP contribution in [0, 0.1) is 0 Å². The zero-order chi connectivity index (χ0) is 14.9. The molecule has 0 spiro atoms. The Morgan fingerprint density at radius 1 is 1.19 bits per heavy atom. The maximum absolute atomic E-state index is 6.30. The Labute approximate surface area is 122 Å². The first-order valence-electron chi connectivity index (χ1n) is 6.40. The number of nitrogens with one attached hydrogen (secondary N) is 1. The lowest BCUT2D eigenvalue weighted by Gasteiger charge is -2.25. The molecule has 1 unspecified atom stereocenters. The number of hydrogen-bond donors (Lipinski definition) is 3. The summed E-state index contributed by atoms with van der Waals surface area (Å²) in [5.74, 6) is 0.499. The van der Waals surface area contributed by atoms with Gasteiger partial charge < -0.3 is 10.5 Å². The number of methoxy groups -OCH3 is 1. The molecule has 0 saturated heterocycles. The van der Waals surface area contributed by atoms with Gasteiger partial charge in [0, 0.05) is 11.8 Å². The third-order valence-electron chi connectivity index (χ3n) is 3.21. The fourth-order valence-corrected chi connectivity index (χ4v) is 2.12. The highest BCUT2D eigenvalue weighted by Crippen LogP contribution is 2.25. The number of pyridine rings is 1. The smallest absolute Gasteiger partial charge is 0.215 e.